The van der Waals surface area contributed by atoms with Gasteiger partial charge < -0.3 is 10.1 Å². The van der Waals surface area contributed by atoms with Gasteiger partial charge in [-0.15, -0.1) is 12.3 Å². The van der Waals surface area contributed by atoms with Gasteiger partial charge in [0.2, 0.25) is 0 Å². The predicted octanol–water partition coefficient (Wildman–Crippen LogP) is 2.29. The van der Waals surface area contributed by atoms with Crippen molar-refractivity contribution in [2.75, 3.05) is 14.2 Å². The Morgan fingerprint density at radius 1 is 1.53 bits per heavy atom. The molecule has 0 aliphatic carbocycles. The zero-order valence-corrected chi connectivity index (χ0v) is 9.50. The highest BCUT2D eigenvalue weighted by molar-refractivity contribution is 5.37. The molecule has 1 unspecified atom stereocenters. The zero-order valence-electron chi connectivity index (χ0n) is 9.50. The van der Waals surface area contributed by atoms with E-state index in [1.165, 1.54) is 5.56 Å². The Balaban J connectivity index is 2.95. The molecule has 0 spiro atoms. The molecule has 0 aromatic heterocycles. The molecule has 1 atom stereocenters. The molecule has 2 heteroatoms. The van der Waals surface area contributed by atoms with Crippen LogP contribution in [0.2, 0.25) is 0 Å². The first-order valence-electron chi connectivity index (χ1n) is 4.98. The highest BCUT2D eigenvalue weighted by Gasteiger charge is 2.09. The van der Waals surface area contributed by atoms with E-state index in [4.69, 9.17) is 11.2 Å². The summed E-state index contributed by atoms with van der Waals surface area (Å²) in [5.41, 5.74) is 2.33. The maximum absolute atomic E-state index is 5.32. The van der Waals surface area contributed by atoms with Crippen LogP contribution in [-0.2, 0) is 0 Å². The van der Waals surface area contributed by atoms with Crippen LogP contribution < -0.4 is 10.1 Å². The zero-order chi connectivity index (χ0) is 11.3. The Morgan fingerprint density at radius 3 is 2.73 bits per heavy atom. The second-order valence-electron chi connectivity index (χ2n) is 3.48. The van der Waals surface area contributed by atoms with E-state index in [1.807, 2.05) is 26.1 Å². The van der Waals surface area contributed by atoms with E-state index in [9.17, 15) is 0 Å². The molecule has 1 N–H and O–H groups in total. The van der Waals surface area contributed by atoms with Crippen molar-refractivity contribution >= 4 is 0 Å². The van der Waals surface area contributed by atoms with Crippen molar-refractivity contribution in [3.05, 3.63) is 29.3 Å². The van der Waals surface area contributed by atoms with Crippen molar-refractivity contribution in [1.82, 2.24) is 5.32 Å². The lowest BCUT2D eigenvalue weighted by Crippen LogP contribution is -2.15. The minimum absolute atomic E-state index is 0.222. The van der Waals surface area contributed by atoms with E-state index in [0.717, 1.165) is 11.3 Å². The molecule has 2 nitrogen and oxygen atoms in total. The Morgan fingerprint density at radius 2 is 2.27 bits per heavy atom. The summed E-state index contributed by atoms with van der Waals surface area (Å²) in [5, 5.41) is 3.20. The Labute approximate surface area is 91.6 Å². The molecule has 0 saturated carbocycles. The molecule has 1 aromatic rings. The number of rotatable bonds is 4. The van der Waals surface area contributed by atoms with Crippen LogP contribution in [0.5, 0.6) is 5.75 Å². The molecule has 0 aliphatic rings. The molecule has 0 amide bonds. The number of aryl methyl sites for hydroxylation is 1. The minimum Gasteiger partial charge on any atom is -0.496 e. The number of hydrogen-bond acceptors (Lipinski definition) is 2. The average molecular weight is 203 g/mol. The van der Waals surface area contributed by atoms with Crippen molar-refractivity contribution in [3.8, 4) is 18.1 Å². The summed E-state index contributed by atoms with van der Waals surface area (Å²) in [6, 6.07) is 6.35. The first kappa shape index (κ1) is 11.6. The smallest absolute Gasteiger partial charge is 0.121 e. The molecular weight excluding hydrogens is 186 g/mol. The summed E-state index contributed by atoms with van der Waals surface area (Å²) >= 11 is 0. The Kier molecular flexibility index (Phi) is 4.20. The summed E-state index contributed by atoms with van der Waals surface area (Å²) in [4.78, 5) is 0. The van der Waals surface area contributed by atoms with Gasteiger partial charge in [0, 0.05) is 12.5 Å². The van der Waals surface area contributed by atoms with E-state index < -0.39 is 0 Å². The van der Waals surface area contributed by atoms with Crippen molar-refractivity contribution < 1.29 is 4.74 Å². The average Bonchev–Trinajstić information content (AvgIpc) is 2.25. The maximum atomic E-state index is 5.32. The van der Waals surface area contributed by atoms with Crippen LogP contribution in [0, 0.1) is 19.3 Å². The van der Waals surface area contributed by atoms with Gasteiger partial charge in [-0.3, -0.25) is 0 Å². The van der Waals surface area contributed by atoms with Crippen LogP contribution in [-0.4, -0.2) is 14.2 Å². The predicted molar refractivity (Wildman–Crippen MR) is 63.0 cm³/mol. The van der Waals surface area contributed by atoms with Crippen molar-refractivity contribution in [3.63, 3.8) is 0 Å². The maximum Gasteiger partial charge on any atom is 0.121 e. The molecule has 1 rings (SSSR count). The Hall–Kier alpha value is -1.46. The van der Waals surface area contributed by atoms with E-state index in [0.29, 0.717) is 6.42 Å². The second-order valence-corrected chi connectivity index (χ2v) is 3.48. The van der Waals surface area contributed by atoms with Gasteiger partial charge in [0.25, 0.3) is 0 Å². The summed E-state index contributed by atoms with van der Waals surface area (Å²) in [5.74, 6) is 3.58. The van der Waals surface area contributed by atoms with Gasteiger partial charge in [0.15, 0.2) is 0 Å². The standard InChI is InChI=1S/C13H17NO/c1-5-6-12(14-3)11-7-8-13(15-4)10(2)9-11/h1,7-9,12,14H,6H2,2-4H3. The third-order valence-corrected chi connectivity index (χ3v) is 2.49. The summed E-state index contributed by atoms with van der Waals surface area (Å²) < 4.78 is 5.21. The van der Waals surface area contributed by atoms with E-state index in [2.05, 4.69) is 17.3 Å². The first-order chi connectivity index (χ1) is 7.22. The van der Waals surface area contributed by atoms with Crippen LogP contribution in [0.15, 0.2) is 18.2 Å². The molecule has 0 bridgehead atoms. The molecule has 0 aliphatic heterocycles. The molecule has 0 saturated heterocycles. The summed E-state index contributed by atoms with van der Waals surface area (Å²) in [6.07, 6.45) is 6.02. The fourth-order valence-corrected chi connectivity index (χ4v) is 1.62. The van der Waals surface area contributed by atoms with Gasteiger partial charge in [-0.25, -0.2) is 0 Å². The minimum atomic E-state index is 0.222. The highest BCUT2D eigenvalue weighted by Crippen LogP contribution is 2.23. The first-order valence-corrected chi connectivity index (χ1v) is 4.98. The third-order valence-electron chi connectivity index (χ3n) is 2.49. The lowest BCUT2D eigenvalue weighted by Gasteiger charge is -2.15. The normalized spacial score (nSPS) is 11.9. The number of hydrogen-bond donors (Lipinski definition) is 1. The van der Waals surface area contributed by atoms with E-state index in [-0.39, 0.29) is 6.04 Å². The lowest BCUT2D eigenvalue weighted by atomic mass is 10.0. The lowest BCUT2D eigenvalue weighted by molar-refractivity contribution is 0.411. The van der Waals surface area contributed by atoms with Gasteiger partial charge in [0.05, 0.1) is 7.11 Å². The second kappa shape index (κ2) is 5.43. The van der Waals surface area contributed by atoms with Gasteiger partial charge in [-0.2, -0.15) is 0 Å². The van der Waals surface area contributed by atoms with Crippen LogP contribution in [0.4, 0.5) is 0 Å². The van der Waals surface area contributed by atoms with Crippen molar-refractivity contribution in [1.29, 1.82) is 0 Å². The van der Waals surface area contributed by atoms with Gasteiger partial charge in [0.1, 0.15) is 5.75 Å². The van der Waals surface area contributed by atoms with E-state index in [1.54, 1.807) is 7.11 Å². The molecule has 1 aromatic carbocycles. The van der Waals surface area contributed by atoms with Crippen LogP contribution in [0.3, 0.4) is 0 Å². The van der Waals surface area contributed by atoms with Crippen LogP contribution in [0.1, 0.15) is 23.6 Å². The van der Waals surface area contributed by atoms with Crippen LogP contribution >= 0.6 is 0 Å². The van der Waals surface area contributed by atoms with Crippen molar-refractivity contribution in [2.24, 2.45) is 0 Å². The summed E-state index contributed by atoms with van der Waals surface area (Å²) in [7, 11) is 3.60. The fourth-order valence-electron chi connectivity index (χ4n) is 1.62. The summed E-state index contributed by atoms with van der Waals surface area (Å²) in [6.45, 7) is 2.03. The number of nitrogens with one attached hydrogen (secondary N) is 1. The largest absolute Gasteiger partial charge is 0.496 e. The van der Waals surface area contributed by atoms with Crippen molar-refractivity contribution in [2.45, 2.75) is 19.4 Å². The number of benzene rings is 1. The molecule has 0 radical (unpaired) electrons. The SMILES string of the molecule is C#CCC(NC)c1ccc(OC)c(C)c1. The van der Waals surface area contributed by atoms with Crippen LogP contribution in [0.25, 0.3) is 0 Å². The molecule has 0 fully saturated rings. The molecule has 80 valence electrons. The third kappa shape index (κ3) is 2.74. The molecule has 15 heavy (non-hydrogen) atoms. The highest BCUT2D eigenvalue weighted by atomic mass is 16.5. The Bertz CT molecular complexity index is 365. The monoisotopic (exact) mass is 203 g/mol. The quantitative estimate of drug-likeness (QED) is 0.758. The van der Waals surface area contributed by atoms with E-state index >= 15 is 0 Å². The fraction of sp³-hybridized carbons (Fsp3) is 0.385. The van der Waals surface area contributed by atoms with Gasteiger partial charge in [-0.1, -0.05) is 12.1 Å². The number of terminal acetylenes is 1. The molecule has 0 heterocycles. The molecular formula is C13H17NO. The topological polar surface area (TPSA) is 21.3 Å². The number of methoxy groups -OCH3 is 1. The van der Waals surface area contributed by atoms with Gasteiger partial charge >= 0.3 is 0 Å². The number of ether oxygens (including phenoxy) is 1. The van der Waals surface area contributed by atoms with Gasteiger partial charge in [-0.05, 0) is 31.2 Å².